The number of benzene rings is 1. The van der Waals surface area contributed by atoms with Crippen LogP contribution >= 0.6 is 22.9 Å². The molecule has 31 heavy (non-hydrogen) atoms. The highest BCUT2D eigenvalue weighted by Gasteiger charge is 2.25. The molecule has 0 aliphatic carbocycles. The molecule has 160 valence electrons. The van der Waals surface area contributed by atoms with E-state index in [0.29, 0.717) is 22.5 Å². The van der Waals surface area contributed by atoms with Gasteiger partial charge in [-0.2, -0.15) is 5.10 Å². The molecule has 1 aromatic carbocycles. The van der Waals surface area contributed by atoms with Crippen LogP contribution in [0.1, 0.15) is 50.9 Å². The molecule has 7 nitrogen and oxygen atoms in total. The van der Waals surface area contributed by atoms with Crippen LogP contribution in [0.15, 0.2) is 35.1 Å². The first kappa shape index (κ1) is 21.3. The number of aromatic amines is 1. The number of carbonyl (C=O) groups excluding carboxylic acids is 1. The molecule has 3 aromatic heterocycles. The zero-order valence-electron chi connectivity index (χ0n) is 17.5. The summed E-state index contributed by atoms with van der Waals surface area (Å²) in [4.78, 5) is 34.3. The number of fused-ring (bicyclic) bond motifs is 1. The van der Waals surface area contributed by atoms with Gasteiger partial charge in [0.2, 0.25) is 0 Å². The minimum atomic E-state index is -0.764. The van der Waals surface area contributed by atoms with Crippen LogP contribution in [0.2, 0.25) is 5.15 Å². The maximum atomic E-state index is 12.9. The molecule has 3 heterocycles. The summed E-state index contributed by atoms with van der Waals surface area (Å²) in [6.07, 6.45) is -0.764. The predicted molar refractivity (Wildman–Crippen MR) is 121 cm³/mol. The van der Waals surface area contributed by atoms with Crippen LogP contribution in [-0.2, 0) is 11.3 Å². The van der Waals surface area contributed by atoms with E-state index in [1.54, 1.807) is 18.5 Å². The van der Waals surface area contributed by atoms with Crippen molar-refractivity contribution in [2.45, 2.75) is 40.3 Å². The van der Waals surface area contributed by atoms with Crippen LogP contribution in [-0.4, -0.2) is 25.7 Å². The van der Waals surface area contributed by atoms with Crippen LogP contribution < -0.4 is 5.56 Å². The highest BCUT2D eigenvalue weighted by Crippen LogP contribution is 2.28. The highest BCUT2D eigenvalue weighted by molar-refractivity contribution is 7.18. The second-order valence-corrected chi connectivity index (χ2v) is 8.92. The van der Waals surface area contributed by atoms with Crippen molar-refractivity contribution in [3.8, 4) is 0 Å². The number of esters is 1. The molecule has 0 fully saturated rings. The van der Waals surface area contributed by atoms with Crippen LogP contribution in [0, 0.1) is 20.8 Å². The minimum absolute atomic E-state index is 0.204. The standard InChI is InChI=1S/C22H21ClN4O3S/c1-11-14(4)31-21-16(11)20(28)24-19(25-21)13(3)30-22(29)17-12(2)26-27(18(17)23)10-15-8-6-5-7-9-15/h5-9,13H,10H2,1-4H3,(H,24,25,28). The van der Waals surface area contributed by atoms with Gasteiger partial charge in [-0.3, -0.25) is 4.79 Å². The summed E-state index contributed by atoms with van der Waals surface area (Å²) in [6.45, 7) is 7.64. The van der Waals surface area contributed by atoms with Gasteiger partial charge >= 0.3 is 5.97 Å². The second-order valence-electron chi connectivity index (χ2n) is 7.36. The number of hydrogen-bond acceptors (Lipinski definition) is 6. The topological polar surface area (TPSA) is 89.9 Å². The van der Waals surface area contributed by atoms with E-state index in [-0.39, 0.29) is 22.1 Å². The Kier molecular flexibility index (Phi) is 5.68. The van der Waals surface area contributed by atoms with Gasteiger partial charge in [0, 0.05) is 4.88 Å². The van der Waals surface area contributed by atoms with E-state index in [1.807, 2.05) is 44.2 Å². The molecule has 0 radical (unpaired) electrons. The van der Waals surface area contributed by atoms with E-state index < -0.39 is 12.1 Å². The van der Waals surface area contributed by atoms with Crippen LogP contribution in [0.5, 0.6) is 0 Å². The number of hydrogen-bond donors (Lipinski definition) is 1. The van der Waals surface area contributed by atoms with E-state index >= 15 is 0 Å². The number of nitrogens with one attached hydrogen (secondary N) is 1. The monoisotopic (exact) mass is 456 g/mol. The third kappa shape index (κ3) is 4.00. The van der Waals surface area contributed by atoms with Gasteiger partial charge in [-0.05, 0) is 38.8 Å². The molecule has 1 unspecified atom stereocenters. The smallest absolute Gasteiger partial charge is 0.343 e. The number of H-pyrrole nitrogens is 1. The first-order chi connectivity index (χ1) is 14.8. The number of carbonyl (C=O) groups is 1. The lowest BCUT2D eigenvalue weighted by atomic mass is 10.2. The Morgan fingerprint density at radius 2 is 1.97 bits per heavy atom. The van der Waals surface area contributed by atoms with Gasteiger partial charge in [0.25, 0.3) is 5.56 Å². The lowest BCUT2D eigenvalue weighted by Gasteiger charge is -2.12. The molecule has 1 N–H and O–H groups in total. The zero-order chi connectivity index (χ0) is 22.3. The fourth-order valence-corrected chi connectivity index (χ4v) is 4.73. The van der Waals surface area contributed by atoms with Gasteiger partial charge < -0.3 is 9.72 Å². The van der Waals surface area contributed by atoms with Crippen LogP contribution in [0.25, 0.3) is 10.2 Å². The zero-order valence-corrected chi connectivity index (χ0v) is 19.1. The molecule has 0 spiro atoms. The maximum absolute atomic E-state index is 12.9. The molecule has 0 aliphatic rings. The molecule has 0 saturated heterocycles. The first-order valence-corrected chi connectivity index (χ1v) is 10.9. The summed E-state index contributed by atoms with van der Waals surface area (Å²) >= 11 is 7.90. The summed E-state index contributed by atoms with van der Waals surface area (Å²) < 4.78 is 7.15. The van der Waals surface area contributed by atoms with E-state index in [0.717, 1.165) is 16.0 Å². The number of rotatable bonds is 5. The van der Waals surface area contributed by atoms with Crippen LogP contribution in [0.4, 0.5) is 0 Å². The number of thiophene rings is 1. The van der Waals surface area contributed by atoms with Gasteiger partial charge in [-0.15, -0.1) is 11.3 Å². The number of halogens is 1. The van der Waals surface area contributed by atoms with Crippen LogP contribution in [0.3, 0.4) is 0 Å². The Morgan fingerprint density at radius 3 is 2.68 bits per heavy atom. The van der Waals surface area contributed by atoms with Gasteiger partial charge in [0.1, 0.15) is 15.5 Å². The number of aryl methyl sites for hydroxylation is 3. The summed E-state index contributed by atoms with van der Waals surface area (Å²) in [7, 11) is 0. The van der Waals surface area contributed by atoms with E-state index in [2.05, 4.69) is 15.1 Å². The maximum Gasteiger partial charge on any atom is 0.343 e. The Balaban J connectivity index is 1.58. The summed E-state index contributed by atoms with van der Waals surface area (Å²) in [5.74, 6) is -0.326. The fraction of sp³-hybridized carbons (Fsp3) is 0.273. The Bertz CT molecular complexity index is 1340. The minimum Gasteiger partial charge on any atom is -0.451 e. The normalized spacial score (nSPS) is 12.3. The largest absolute Gasteiger partial charge is 0.451 e. The fourth-order valence-electron chi connectivity index (χ4n) is 3.39. The van der Waals surface area contributed by atoms with Crippen molar-refractivity contribution in [3.63, 3.8) is 0 Å². The lowest BCUT2D eigenvalue weighted by molar-refractivity contribution is 0.0319. The Hall–Kier alpha value is -2.97. The van der Waals surface area contributed by atoms with Gasteiger partial charge in [-0.25, -0.2) is 14.5 Å². The molecule has 0 aliphatic heterocycles. The molecular formula is C22H21ClN4O3S. The molecule has 0 bridgehead atoms. The Morgan fingerprint density at radius 1 is 1.26 bits per heavy atom. The number of ether oxygens (including phenoxy) is 1. The number of nitrogens with zero attached hydrogens (tertiary/aromatic N) is 3. The molecule has 9 heteroatoms. The van der Waals surface area contributed by atoms with Crippen molar-refractivity contribution >= 4 is 39.1 Å². The van der Waals surface area contributed by atoms with Crippen molar-refractivity contribution < 1.29 is 9.53 Å². The highest BCUT2D eigenvalue weighted by atomic mass is 35.5. The van der Waals surface area contributed by atoms with Gasteiger partial charge in [0.05, 0.1) is 17.6 Å². The number of aromatic nitrogens is 4. The average molecular weight is 457 g/mol. The molecular weight excluding hydrogens is 436 g/mol. The molecule has 4 aromatic rings. The van der Waals surface area contributed by atoms with Crippen molar-refractivity contribution in [2.75, 3.05) is 0 Å². The summed E-state index contributed by atoms with van der Waals surface area (Å²) in [5, 5.41) is 5.17. The molecule has 1 atom stereocenters. The van der Waals surface area contributed by atoms with Gasteiger partial charge in [0.15, 0.2) is 11.9 Å². The molecule has 0 amide bonds. The van der Waals surface area contributed by atoms with Crippen molar-refractivity contribution in [1.29, 1.82) is 0 Å². The van der Waals surface area contributed by atoms with E-state index in [4.69, 9.17) is 16.3 Å². The third-order valence-corrected chi connectivity index (χ3v) is 6.66. The SMILES string of the molecule is Cc1nn(Cc2ccccc2)c(Cl)c1C(=O)OC(C)c1nc2sc(C)c(C)c2c(=O)[nH]1. The van der Waals surface area contributed by atoms with Gasteiger partial charge in [-0.1, -0.05) is 41.9 Å². The quantitative estimate of drug-likeness (QED) is 0.438. The van der Waals surface area contributed by atoms with Crippen molar-refractivity contribution in [1.82, 2.24) is 19.7 Å². The first-order valence-electron chi connectivity index (χ1n) is 9.74. The Labute approximate surface area is 187 Å². The molecule has 0 saturated carbocycles. The lowest BCUT2D eigenvalue weighted by Crippen LogP contribution is -2.17. The predicted octanol–water partition coefficient (Wildman–Crippen LogP) is 4.73. The third-order valence-electron chi connectivity index (χ3n) is 5.17. The average Bonchev–Trinajstić information content (AvgIpc) is 3.17. The van der Waals surface area contributed by atoms with E-state index in [1.165, 1.54) is 11.3 Å². The van der Waals surface area contributed by atoms with E-state index in [9.17, 15) is 9.59 Å². The summed E-state index contributed by atoms with van der Waals surface area (Å²) in [6, 6.07) is 9.70. The van der Waals surface area contributed by atoms with Crippen molar-refractivity contribution in [2.24, 2.45) is 0 Å². The van der Waals surface area contributed by atoms with Crippen molar-refractivity contribution in [3.05, 3.63) is 78.9 Å². The summed E-state index contributed by atoms with van der Waals surface area (Å²) in [5.41, 5.74) is 2.36. The second kappa shape index (κ2) is 8.28. The molecule has 4 rings (SSSR count).